The van der Waals surface area contributed by atoms with Crippen LogP contribution in [0.5, 0.6) is 5.75 Å². The number of carboxylic acids is 2. The number of carboxylic acid groups (broad SMARTS) is 2. The first-order valence-corrected chi connectivity index (χ1v) is 15.4. The number of ether oxygens (including phenoxy) is 1. The fourth-order valence-electron chi connectivity index (χ4n) is 4.31. The molecule has 0 aromatic heterocycles. The van der Waals surface area contributed by atoms with E-state index in [2.05, 4.69) is 6.07 Å². The predicted octanol–water partition coefficient (Wildman–Crippen LogP) is 9.13. The van der Waals surface area contributed by atoms with Crippen molar-refractivity contribution < 1.29 is 24.5 Å². The van der Waals surface area contributed by atoms with Gasteiger partial charge in [0.1, 0.15) is 5.75 Å². The molecule has 0 aliphatic carbocycles. The number of benzene rings is 1. The molecule has 1 aromatic rings. The molecule has 6 heteroatoms. The van der Waals surface area contributed by atoms with E-state index in [4.69, 9.17) is 14.9 Å². The van der Waals surface area contributed by atoms with E-state index in [1.54, 1.807) is 11.8 Å². The van der Waals surface area contributed by atoms with Crippen LogP contribution in [-0.2, 0) is 9.59 Å². The molecule has 0 spiro atoms. The molecule has 0 radical (unpaired) electrons. The van der Waals surface area contributed by atoms with E-state index >= 15 is 0 Å². The van der Waals surface area contributed by atoms with Crippen molar-refractivity contribution in [2.24, 2.45) is 0 Å². The summed E-state index contributed by atoms with van der Waals surface area (Å²) in [5.74, 6) is 0.317. The van der Waals surface area contributed by atoms with Crippen LogP contribution < -0.4 is 4.74 Å². The molecule has 0 fully saturated rings. The zero-order chi connectivity index (χ0) is 26.1. The number of carbonyl (C=O) groups is 2. The van der Waals surface area contributed by atoms with Crippen LogP contribution in [0.2, 0.25) is 0 Å². The molecule has 0 saturated heterocycles. The van der Waals surface area contributed by atoms with Gasteiger partial charge in [-0.3, -0.25) is 9.59 Å². The molecule has 0 saturated carbocycles. The summed E-state index contributed by atoms with van der Waals surface area (Å²) in [6.45, 7) is 0.747. The van der Waals surface area contributed by atoms with Crippen molar-refractivity contribution in [2.75, 3.05) is 12.4 Å². The lowest BCUT2D eigenvalue weighted by Crippen LogP contribution is -1.99. The van der Waals surface area contributed by atoms with Crippen molar-refractivity contribution in [3.8, 4) is 5.75 Å². The van der Waals surface area contributed by atoms with Crippen LogP contribution in [0.3, 0.4) is 0 Å². The second-order valence-electron chi connectivity index (χ2n) is 9.80. The Balaban J connectivity index is 1.84. The molecule has 206 valence electrons. The van der Waals surface area contributed by atoms with Crippen molar-refractivity contribution in [1.82, 2.24) is 0 Å². The van der Waals surface area contributed by atoms with E-state index in [9.17, 15) is 9.59 Å². The van der Waals surface area contributed by atoms with Gasteiger partial charge in [0.25, 0.3) is 0 Å². The number of thioether (sulfide) groups is 1. The molecule has 0 heterocycles. The molecular formula is C30H50O5S. The lowest BCUT2D eigenvalue weighted by molar-refractivity contribution is -0.138. The maximum atomic E-state index is 10.6. The first-order chi connectivity index (χ1) is 17.6. The fourth-order valence-corrected chi connectivity index (χ4v) is 5.26. The Labute approximate surface area is 223 Å². The predicted molar refractivity (Wildman–Crippen MR) is 150 cm³/mol. The zero-order valence-corrected chi connectivity index (χ0v) is 23.2. The molecule has 2 N–H and O–H groups in total. The van der Waals surface area contributed by atoms with Gasteiger partial charge in [-0.2, -0.15) is 0 Å². The quantitative estimate of drug-likeness (QED) is 0.0932. The number of hydrogen-bond acceptors (Lipinski definition) is 4. The highest BCUT2D eigenvalue weighted by Gasteiger charge is 2.05. The van der Waals surface area contributed by atoms with Gasteiger partial charge in [0.15, 0.2) is 0 Å². The Morgan fingerprint density at radius 1 is 0.583 bits per heavy atom. The van der Waals surface area contributed by atoms with Crippen LogP contribution in [0.15, 0.2) is 29.2 Å². The Morgan fingerprint density at radius 2 is 1.00 bits per heavy atom. The minimum atomic E-state index is -0.734. The molecule has 0 aliphatic rings. The third-order valence-corrected chi connectivity index (χ3v) is 7.58. The Hall–Kier alpha value is -1.69. The van der Waals surface area contributed by atoms with Gasteiger partial charge in [-0.1, -0.05) is 108 Å². The van der Waals surface area contributed by atoms with Crippen molar-refractivity contribution in [3.05, 3.63) is 24.3 Å². The van der Waals surface area contributed by atoms with Gasteiger partial charge in [0, 0.05) is 17.7 Å². The van der Waals surface area contributed by atoms with E-state index in [0.717, 1.165) is 42.3 Å². The largest absolute Gasteiger partial charge is 0.492 e. The maximum Gasteiger partial charge on any atom is 0.303 e. The number of rotatable bonds is 26. The highest BCUT2D eigenvalue weighted by atomic mass is 32.2. The van der Waals surface area contributed by atoms with Crippen LogP contribution in [0.4, 0.5) is 0 Å². The average molecular weight is 523 g/mol. The number of aliphatic carboxylic acids is 2. The Bertz CT molecular complexity index is 679. The monoisotopic (exact) mass is 522 g/mol. The summed E-state index contributed by atoms with van der Waals surface area (Å²) in [4.78, 5) is 22.2. The zero-order valence-electron chi connectivity index (χ0n) is 22.4. The minimum Gasteiger partial charge on any atom is -0.492 e. The van der Waals surface area contributed by atoms with Gasteiger partial charge in [-0.05, 0) is 37.1 Å². The molecular weight excluding hydrogens is 472 g/mol. The third-order valence-electron chi connectivity index (χ3n) is 6.43. The lowest BCUT2D eigenvalue weighted by Gasteiger charge is -2.11. The molecule has 0 amide bonds. The highest BCUT2D eigenvalue weighted by Crippen LogP contribution is 2.30. The normalized spacial score (nSPS) is 11.0. The van der Waals surface area contributed by atoms with Gasteiger partial charge in [-0.15, -0.1) is 11.8 Å². The van der Waals surface area contributed by atoms with E-state index in [0.29, 0.717) is 12.8 Å². The minimum absolute atomic E-state index is 0.219. The summed E-state index contributed by atoms with van der Waals surface area (Å²) in [6, 6.07) is 8.06. The summed E-state index contributed by atoms with van der Waals surface area (Å²) >= 11 is 1.68. The molecule has 0 bridgehead atoms. The molecule has 5 nitrogen and oxygen atoms in total. The number of hydrogen-bond donors (Lipinski definition) is 2. The second-order valence-corrected chi connectivity index (χ2v) is 10.9. The molecule has 0 aliphatic heterocycles. The van der Waals surface area contributed by atoms with Gasteiger partial charge < -0.3 is 14.9 Å². The second kappa shape index (κ2) is 23.7. The Kier molecular flexibility index (Phi) is 21.3. The van der Waals surface area contributed by atoms with Crippen LogP contribution in [0.1, 0.15) is 128 Å². The average Bonchev–Trinajstić information content (AvgIpc) is 2.85. The van der Waals surface area contributed by atoms with Gasteiger partial charge >= 0.3 is 11.9 Å². The van der Waals surface area contributed by atoms with Gasteiger partial charge in [-0.25, -0.2) is 0 Å². The lowest BCUT2D eigenvalue weighted by atomic mass is 10.0. The topological polar surface area (TPSA) is 83.8 Å². The van der Waals surface area contributed by atoms with E-state index < -0.39 is 11.9 Å². The highest BCUT2D eigenvalue weighted by molar-refractivity contribution is 7.99. The fraction of sp³-hybridized carbons (Fsp3) is 0.733. The first-order valence-electron chi connectivity index (χ1n) is 14.4. The van der Waals surface area contributed by atoms with E-state index in [-0.39, 0.29) is 6.42 Å². The van der Waals surface area contributed by atoms with Crippen LogP contribution in [0.25, 0.3) is 0 Å². The Morgan fingerprint density at radius 3 is 1.50 bits per heavy atom. The third kappa shape index (κ3) is 20.5. The van der Waals surface area contributed by atoms with Gasteiger partial charge in [0.05, 0.1) is 6.61 Å². The van der Waals surface area contributed by atoms with Crippen LogP contribution >= 0.6 is 11.8 Å². The summed E-state index contributed by atoms with van der Waals surface area (Å²) in [5.41, 5.74) is 0. The molecule has 0 unspecified atom stereocenters. The van der Waals surface area contributed by atoms with Crippen LogP contribution in [0, 0.1) is 0 Å². The molecule has 36 heavy (non-hydrogen) atoms. The van der Waals surface area contributed by atoms with Crippen molar-refractivity contribution in [3.63, 3.8) is 0 Å². The summed E-state index contributed by atoms with van der Waals surface area (Å²) in [5, 5.41) is 17.4. The van der Waals surface area contributed by atoms with E-state index in [1.807, 2.05) is 18.2 Å². The standard InChI is InChI=1S/C30H50O5S/c31-29(32)23-16-14-12-10-8-6-4-2-1-3-5-7-9-11-13-15-19-25-35-27-21-17-18-22-28(27)36-26-20-24-30(33)34/h17-18,21-22H,1-16,19-20,23-26H2,(H,31,32)(H,33,34). The molecule has 0 atom stereocenters. The van der Waals surface area contributed by atoms with E-state index in [1.165, 1.54) is 89.9 Å². The van der Waals surface area contributed by atoms with Gasteiger partial charge in [0.2, 0.25) is 0 Å². The smallest absolute Gasteiger partial charge is 0.303 e. The summed E-state index contributed by atoms with van der Waals surface area (Å²) < 4.78 is 6.00. The number of unbranched alkanes of at least 4 members (excludes halogenated alkanes) is 16. The summed E-state index contributed by atoms with van der Waals surface area (Å²) in [7, 11) is 0. The summed E-state index contributed by atoms with van der Waals surface area (Å²) in [6.07, 6.45) is 22.6. The van der Waals surface area contributed by atoms with Crippen LogP contribution in [-0.4, -0.2) is 34.5 Å². The van der Waals surface area contributed by atoms with Crippen molar-refractivity contribution >= 4 is 23.7 Å². The first kappa shape index (κ1) is 32.3. The van der Waals surface area contributed by atoms with Crippen molar-refractivity contribution in [1.29, 1.82) is 0 Å². The number of para-hydroxylation sites is 1. The SMILES string of the molecule is O=C(O)CCCCCCCCCCCCCCCCCCCOc1ccccc1SCCCC(=O)O. The maximum absolute atomic E-state index is 10.6. The molecule has 1 aromatic carbocycles. The molecule has 1 rings (SSSR count). The van der Waals surface area contributed by atoms with Crippen molar-refractivity contribution in [2.45, 2.75) is 133 Å².